The van der Waals surface area contributed by atoms with Crippen LogP contribution in [-0.2, 0) is 4.79 Å². The number of aliphatic carboxylic acids is 1. The van der Waals surface area contributed by atoms with Crippen molar-refractivity contribution in [2.24, 2.45) is 5.41 Å². The Bertz CT molecular complexity index is 176. The van der Waals surface area contributed by atoms with Crippen LogP contribution < -0.4 is 0 Å². The molecule has 0 saturated carbocycles. The molecule has 0 aromatic carbocycles. The molecule has 0 radical (unpaired) electrons. The summed E-state index contributed by atoms with van der Waals surface area (Å²) in [7, 11) is 0. The minimum atomic E-state index is -4.67. The van der Waals surface area contributed by atoms with Crippen molar-refractivity contribution in [1.29, 1.82) is 0 Å². The van der Waals surface area contributed by atoms with Crippen molar-refractivity contribution in [2.75, 3.05) is 0 Å². The molecule has 72 valence electrons. The van der Waals surface area contributed by atoms with E-state index in [2.05, 4.69) is 0 Å². The number of rotatable bonds is 3. The standard InChI is InChI=1S/C7H11F3O2/c1-3-4-6(2,5(11)12)7(8,9)10/h3-4H2,1-2H3,(H,11,12). The van der Waals surface area contributed by atoms with E-state index in [9.17, 15) is 18.0 Å². The van der Waals surface area contributed by atoms with Gasteiger partial charge in [0.25, 0.3) is 0 Å². The van der Waals surface area contributed by atoms with Crippen molar-refractivity contribution < 1.29 is 23.1 Å². The van der Waals surface area contributed by atoms with Gasteiger partial charge in [-0.15, -0.1) is 0 Å². The molecule has 0 aliphatic rings. The highest BCUT2D eigenvalue weighted by Crippen LogP contribution is 2.41. The molecule has 1 atom stereocenters. The van der Waals surface area contributed by atoms with Gasteiger partial charge in [-0.05, 0) is 13.3 Å². The van der Waals surface area contributed by atoms with Gasteiger partial charge in [0, 0.05) is 0 Å². The SMILES string of the molecule is CCCC(C)(C(=O)O)C(F)(F)F. The minimum absolute atomic E-state index is 0.197. The van der Waals surface area contributed by atoms with Crippen molar-refractivity contribution in [2.45, 2.75) is 32.9 Å². The van der Waals surface area contributed by atoms with E-state index >= 15 is 0 Å². The van der Waals surface area contributed by atoms with Crippen LogP contribution in [0.2, 0.25) is 0 Å². The van der Waals surface area contributed by atoms with Crippen molar-refractivity contribution in [3.05, 3.63) is 0 Å². The number of carboxylic acids is 1. The fourth-order valence-corrected chi connectivity index (χ4v) is 0.870. The van der Waals surface area contributed by atoms with Crippen LogP contribution in [0.1, 0.15) is 26.7 Å². The summed E-state index contributed by atoms with van der Waals surface area (Å²) in [6.45, 7) is 2.23. The lowest BCUT2D eigenvalue weighted by atomic mass is 9.85. The third kappa shape index (κ3) is 1.89. The third-order valence-electron chi connectivity index (χ3n) is 1.85. The van der Waals surface area contributed by atoms with Crippen LogP contribution in [0.5, 0.6) is 0 Å². The lowest BCUT2D eigenvalue weighted by Crippen LogP contribution is -2.42. The summed E-state index contributed by atoms with van der Waals surface area (Å²) in [6.07, 6.45) is -4.86. The van der Waals surface area contributed by atoms with Gasteiger partial charge in [-0.2, -0.15) is 13.2 Å². The number of hydrogen-bond donors (Lipinski definition) is 1. The van der Waals surface area contributed by atoms with Gasteiger partial charge in [-0.25, -0.2) is 0 Å². The highest BCUT2D eigenvalue weighted by molar-refractivity contribution is 5.75. The Labute approximate surface area is 68.4 Å². The predicted molar refractivity (Wildman–Crippen MR) is 36.7 cm³/mol. The van der Waals surface area contributed by atoms with Gasteiger partial charge in [0.2, 0.25) is 0 Å². The highest BCUT2D eigenvalue weighted by atomic mass is 19.4. The molecule has 0 spiro atoms. The van der Waals surface area contributed by atoms with E-state index in [1.807, 2.05) is 0 Å². The maximum atomic E-state index is 12.2. The van der Waals surface area contributed by atoms with Crippen LogP contribution in [0.15, 0.2) is 0 Å². The fraction of sp³-hybridized carbons (Fsp3) is 0.857. The summed E-state index contributed by atoms with van der Waals surface area (Å²) in [6, 6.07) is 0. The third-order valence-corrected chi connectivity index (χ3v) is 1.85. The molecule has 2 nitrogen and oxygen atoms in total. The summed E-state index contributed by atoms with van der Waals surface area (Å²) in [4.78, 5) is 10.3. The van der Waals surface area contributed by atoms with E-state index in [-0.39, 0.29) is 12.8 Å². The molecule has 0 saturated heterocycles. The van der Waals surface area contributed by atoms with E-state index in [0.717, 1.165) is 0 Å². The van der Waals surface area contributed by atoms with Crippen molar-refractivity contribution in [3.63, 3.8) is 0 Å². The highest BCUT2D eigenvalue weighted by Gasteiger charge is 2.56. The zero-order valence-electron chi connectivity index (χ0n) is 6.90. The number of halogens is 3. The molecular weight excluding hydrogens is 173 g/mol. The molecule has 5 heteroatoms. The van der Waals surface area contributed by atoms with E-state index in [0.29, 0.717) is 6.92 Å². The lowest BCUT2D eigenvalue weighted by molar-refractivity contribution is -0.228. The normalized spacial score (nSPS) is 17.1. The molecule has 12 heavy (non-hydrogen) atoms. The number of carboxylic acid groups (broad SMARTS) is 1. The Balaban J connectivity index is 4.75. The first-order valence-electron chi connectivity index (χ1n) is 3.56. The Kier molecular flexibility index (Phi) is 3.12. The molecule has 0 rings (SSSR count). The van der Waals surface area contributed by atoms with Crippen LogP contribution in [0, 0.1) is 5.41 Å². The largest absolute Gasteiger partial charge is 0.481 e. The lowest BCUT2D eigenvalue weighted by Gasteiger charge is -2.26. The van der Waals surface area contributed by atoms with Gasteiger partial charge in [0.05, 0.1) is 0 Å². The quantitative estimate of drug-likeness (QED) is 0.731. The van der Waals surface area contributed by atoms with Crippen molar-refractivity contribution >= 4 is 5.97 Å². The Hall–Kier alpha value is -0.740. The van der Waals surface area contributed by atoms with Gasteiger partial charge in [-0.3, -0.25) is 4.79 Å². The molecule has 0 amide bonds. The molecule has 0 bridgehead atoms. The molecule has 0 heterocycles. The fourth-order valence-electron chi connectivity index (χ4n) is 0.870. The smallest absolute Gasteiger partial charge is 0.404 e. The molecule has 1 unspecified atom stereocenters. The first-order chi connectivity index (χ1) is 5.25. The number of hydrogen-bond acceptors (Lipinski definition) is 1. The van der Waals surface area contributed by atoms with Crippen LogP contribution in [0.4, 0.5) is 13.2 Å². The first-order valence-corrected chi connectivity index (χ1v) is 3.56. The second-order valence-electron chi connectivity index (χ2n) is 2.89. The van der Waals surface area contributed by atoms with E-state index in [4.69, 9.17) is 5.11 Å². The van der Waals surface area contributed by atoms with Gasteiger partial charge < -0.3 is 5.11 Å². The maximum Gasteiger partial charge on any atom is 0.404 e. The molecule has 0 aliphatic carbocycles. The molecule has 0 aromatic rings. The van der Waals surface area contributed by atoms with Gasteiger partial charge >= 0.3 is 12.1 Å². The monoisotopic (exact) mass is 184 g/mol. The van der Waals surface area contributed by atoms with Gasteiger partial charge in [0.1, 0.15) is 0 Å². The average Bonchev–Trinajstić information content (AvgIpc) is 1.85. The van der Waals surface area contributed by atoms with E-state index < -0.39 is 17.6 Å². The van der Waals surface area contributed by atoms with Crippen LogP contribution in [-0.4, -0.2) is 17.3 Å². The number of alkyl halides is 3. The topological polar surface area (TPSA) is 37.3 Å². The molecule has 1 N–H and O–H groups in total. The maximum absolute atomic E-state index is 12.2. The van der Waals surface area contributed by atoms with E-state index in [1.54, 1.807) is 0 Å². The zero-order chi connectivity index (χ0) is 9.99. The predicted octanol–water partition coefficient (Wildman–Crippen LogP) is 2.44. The van der Waals surface area contributed by atoms with Gasteiger partial charge in [-0.1, -0.05) is 13.3 Å². The van der Waals surface area contributed by atoms with Crippen molar-refractivity contribution in [3.8, 4) is 0 Å². The first kappa shape index (κ1) is 11.3. The summed E-state index contributed by atoms with van der Waals surface area (Å²) in [5, 5.41) is 8.38. The molecule has 0 fully saturated rings. The Morgan fingerprint density at radius 3 is 1.92 bits per heavy atom. The Morgan fingerprint density at radius 1 is 1.42 bits per heavy atom. The summed E-state index contributed by atoms with van der Waals surface area (Å²) in [5.41, 5.74) is -2.60. The van der Waals surface area contributed by atoms with Crippen LogP contribution in [0.3, 0.4) is 0 Å². The summed E-state index contributed by atoms with van der Waals surface area (Å²) in [5.74, 6) is -1.81. The second kappa shape index (κ2) is 3.33. The number of carbonyl (C=O) groups is 1. The second-order valence-corrected chi connectivity index (χ2v) is 2.89. The molecular formula is C7H11F3O2. The Morgan fingerprint density at radius 2 is 1.83 bits per heavy atom. The average molecular weight is 184 g/mol. The van der Waals surface area contributed by atoms with Crippen molar-refractivity contribution in [1.82, 2.24) is 0 Å². The minimum Gasteiger partial charge on any atom is -0.481 e. The van der Waals surface area contributed by atoms with Gasteiger partial charge in [0.15, 0.2) is 5.41 Å². The molecule has 0 aromatic heterocycles. The van der Waals surface area contributed by atoms with Crippen LogP contribution >= 0.6 is 0 Å². The molecule has 0 aliphatic heterocycles. The summed E-state index contributed by atoms with van der Waals surface area (Å²) >= 11 is 0. The zero-order valence-corrected chi connectivity index (χ0v) is 6.90. The van der Waals surface area contributed by atoms with Crippen LogP contribution in [0.25, 0.3) is 0 Å². The van der Waals surface area contributed by atoms with E-state index in [1.165, 1.54) is 6.92 Å². The summed E-state index contributed by atoms with van der Waals surface area (Å²) < 4.78 is 36.5.